The summed E-state index contributed by atoms with van der Waals surface area (Å²) < 4.78 is 0. The second-order valence-corrected chi connectivity index (χ2v) is 6.26. The van der Waals surface area contributed by atoms with E-state index < -0.39 is 0 Å². The SMILES string of the molecule is Cc1cnc2c(c1)NC(=O)CN2C(=O)CCCc1ccccc1Cl. The molecule has 2 heterocycles. The predicted molar refractivity (Wildman–Crippen MR) is 94.3 cm³/mol. The molecule has 0 saturated carbocycles. The minimum atomic E-state index is -0.200. The summed E-state index contributed by atoms with van der Waals surface area (Å²) in [7, 11) is 0. The minimum absolute atomic E-state index is 0.00792. The van der Waals surface area contributed by atoms with Gasteiger partial charge in [-0.2, -0.15) is 0 Å². The third kappa shape index (κ3) is 3.57. The zero-order valence-electron chi connectivity index (χ0n) is 13.4. The fourth-order valence-corrected chi connectivity index (χ4v) is 2.98. The Hall–Kier alpha value is -2.40. The van der Waals surface area contributed by atoms with E-state index in [-0.39, 0.29) is 18.4 Å². The molecule has 1 aromatic carbocycles. The number of aromatic nitrogens is 1. The number of nitrogens with one attached hydrogen (secondary N) is 1. The van der Waals surface area contributed by atoms with Crippen LogP contribution in [0.1, 0.15) is 24.0 Å². The number of aryl methyl sites for hydroxylation is 2. The molecule has 1 aromatic heterocycles. The van der Waals surface area contributed by atoms with E-state index in [0.29, 0.717) is 29.4 Å². The molecule has 0 unspecified atom stereocenters. The highest BCUT2D eigenvalue weighted by Gasteiger charge is 2.27. The van der Waals surface area contributed by atoms with Gasteiger partial charge in [0.1, 0.15) is 6.54 Å². The van der Waals surface area contributed by atoms with Gasteiger partial charge in [0.2, 0.25) is 11.8 Å². The molecule has 2 aromatic rings. The van der Waals surface area contributed by atoms with E-state index >= 15 is 0 Å². The van der Waals surface area contributed by atoms with Gasteiger partial charge in [-0.1, -0.05) is 29.8 Å². The van der Waals surface area contributed by atoms with Crippen LogP contribution in [0.15, 0.2) is 36.5 Å². The summed E-state index contributed by atoms with van der Waals surface area (Å²) >= 11 is 6.13. The lowest BCUT2D eigenvalue weighted by Crippen LogP contribution is -2.42. The Balaban J connectivity index is 1.67. The van der Waals surface area contributed by atoms with Gasteiger partial charge in [-0.05, 0) is 43.0 Å². The fourth-order valence-electron chi connectivity index (χ4n) is 2.75. The lowest BCUT2D eigenvalue weighted by molar-refractivity contribution is -0.122. The average Bonchev–Trinajstić information content (AvgIpc) is 2.55. The van der Waals surface area contributed by atoms with E-state index in [1.807, 2.05) is 37.3 Å². The Morgan fingerprint density at radius 3 is 2.96 bits per heavy atom. The van der Waals surface area contributed by atoms with E-state index in [2.05, 4.69) is 10.3 Å². The van der Waals surface area contributed by atoms with Crippen LogP contribution in [0.5, 0.6) is 0 Å². The number of nitrogens with zero attached hydrogens (tertiary/aromatic N) is 2. The Kier molecular flexibility index (Phi) is 4.81. The summed E-state index contributed by atoms with van der Waals surface area (Å²) in [6.45, 7) is 1.90. The molecule has 0 atom stereocenters. The van der Waals surface area contributed by atoms with Gasteiger partial charge in [-0.25, -0.2) is 4.98 Å². The van der Waals surface area contributed by atoms with Crippen molar-refractivity contribution in [1.82, 2.24) is 4.98 Å². The number of hydrogen-bond acceptors (Lipinski definition) is 3. The van der Waals surface area contributed by atoms with Gasteiger partial charge in [-0.15, -0.1) is 0 Å². The van der Waals surface area contributed by atoms with Gasteiger partial charge < -0.3 is 5.32 Å². The van der Waals surface area contributed by atoms with Crippen LogP contribution in [-0.4, -0.2) is 23.3 Å². The van der Waals surface area contributed by atoms with Crippen molar-refractivity contribution in [1.29, 1.82) is 0 Å². The zero-order valence-corrected chi connectivity index (χ0v) is 14.1. The van der Waals surface area contributed by atoms with Crippen molar-refractivity contribution < 1.29 is 9.59 Å². The summed E-state index contributed by atoms with van der Waals surface area (Å²) in [6, 6.07) is 9.44. The van der Waals surface area contributed by atoms with Gasteiger partial charge in [0.25, 0.3) is 0 Å². The first-order valence-electron chi connectivity index (χ1n) is 7.85. The molecule has 0 fully saturated rings. The van der Waals surface area contributed by atoms with E-state index in [1.54, 1.807) is 6.20 Å². The third-order valence-electron chi connectivity index (χ3n) is 3.93. The number of carbonyl (C=O) groups excluding carboxylic acids is 2. The number of fused-ring (bicyclic) bond motifs is 1. The highest BCUT2D eigenvalue weighted by atomic mass is 35.5. The quantitative estimate of drug-likeness (QED) is 0.926. The number of amides is 2. The van der Waals surface area contributed by atoms with Gasteiger partial charge >= 0.3 is 0 Å². The van der Waals surface area contributed by atoms with Gasteiger partial charge in [-0.3, -0.25) is 14.5 Å². The number of carbonyl (C=O) groups is 2. The van der Waals surface area contributed by atoms with Crippen LogP contribution in [0.25, 0.3) is 0 Å². The maximum absolute atomic E-state index is 12.5. The number of anilines is 2. The highest BCUT2D eigenvalue weighted by Crippen LogP contribution is 2.28. The normalized spacial score (nSPS) is 13.4. The number of halogens is 1. The van der Waals surface area contributed by atoms with Gasteiger partial charge in [0.05, 0.1) is 5.69 Å². The number of hydrogen-bond donors (Lipinski definition) is 1. The van der Waals surface area contributed by atoms with Crippen molar-refractivity contribution in [2.75, 3.05) is 16.8 Å². The Morgan fingerprint density at radius 2 is 2.17 bits per heavy atom. The maximum Gasteiger partial charge on any atom is 0.244 e. The molecule has 0 bridgehead atoms. The monoisotopic (exact) mass is 343 g/mol. The first-order valence-corrected chi connectivity index (χ1v) is 8.22. The van der Waals surface area contributed by atoms with Crippen LogP contribution in [-0.2, 0) is 16.0 Å². The lowest BCUT2D eigenvalue weighted by atomic mass is 10.1. The second kappa shape index (κ2) is 7.01. The Morgan fingerprint density at radius 1 is 1.38 bits per heavy atom. The summed E-state index contributed by atoms with van der Waals surface area (Å²) in [5.41, 5.74) is 2.55. The lowest BCUT2D eigenvalue weighted by Gasteiger charge is -2.28. The van der Waals surface area contributed by atoms with Crippen LogP contribution in [0.4, 0.5) is 11.5 Å². The summed E-state index contributed by atoms with van der Waals surface area (Å²) in [5.74, 6) is 0.215. The molecule has 5 nitrogen and oxygen atoms in total. The van der Waals surface area contributed by atoms with Crippen LogP contribution in [0, 0.1) is 6.92 Å². The molecule has 1 aliphatic rings. The molecule has 3 rings (SSSR count). The standard InChI is InChI=1S/C18H18ClN3O2/c1-12-9-15-18(20-10-12)22(11-16(23)21-15)17(24)8-4-6-13-5-2-3-7-14(13)19/h2-3,5,7,9-10H,4,6,8,11H2,1H3,(H,21,23). The van der Waals surface area contributed by atoms with Crippen LogP contribution in [0.2, 0.25) is 5.02 Å². The molecule has 6 heteroatoms. The minimum Gasteiger partial charge on any atom is -0.321 e. The van der Waals surface area contributed by atoms with Crippen LogP contribution < -0.4 is 10.2 Å². The van der Waals surface area contributed by atoms with E-state index in [9.17, 15) is 9.59 Å². The summed E-state index contributed by atoms with van der Waals surface area (Å²) in [5, 5.41) is 3.47. The second-order valence-electron chi connectivity index (χ2n) is 5.86. The molecule has 0 spiro atoms. The summed E-state index contributed by atoms with van der Waals surface area (Å²) in [4.78, 5) is 30.1. The largest absolute Gasteiger partial charge is 0.321 e. The molecule has 0 saturated heterocycles. The molecule has 0 radical (unpaired) electrons. The van der Waals surface area contributed by atoms with E-state index in [0.717, 1.165) is 17.5 Å². The molecule has 1 aliphatic heterocycles. The topological polar surface area (TPSA) is 62.3 Å². The molecule has 24 heavy (non-hydrogen) atoms. The average molecular weight is 344 g/mol. The summed E-state index contributed by atoms with van der Waals surface area (Å²) in [6.07, 6.45) is 3.43. The number of benzene rings is 1. The molecule has 1 N–H and O–H groups in total. The number of rotatable bonds is 4. The van der Waals surface area contributed by atoms with E-state index in [1.165, 1.54) is 4.90 Å². The van der Waals surface area contributed by atoms with Crippen molar-refractivity contribution in [3.05, 3.63) is 52.7 Å². The zero-order chi connectivity index (χ0) is 17.1. The van der Waals surface area contributed by atoms with E-state index in [4.69, 9.17) is 11.6 Å². The van der Waals surface area contributed by atoms with Crippen molar-refractivity contribution in [2.45, 2.75) is 26.2 Å². The first-order chi connectivity index (χ1) is 11.5. The van der Waals surface area contributed by atoms with Crippen LogP contribution >= 0.6 is 11.6 Å². The van der Waals surface area contributed by atoms with Crippen molar-refractivity contribution in [3.63, 3.8) is 0 Å². The van der Waals surface area contributed by atoms with Crippen molar-refractivity contribution in [3.8, 4) is 0 Å². The number of pyridine rings is 1. The third-order valence-corrected chi connectivity index (χ3v) is 4.30. The van der Waals surface area contributed by atoms with Gasteiger partial charge in [0, 0.05) is 17.6 Å². The van der Waals surface area contributed by atoms with Crippen molar-refractivity contribution >= 4 is 34.9 Å². The Bertz CT molecular complexity index is 792. The smallest absolute Gasteiger partial charge is 0.244 e. The van der Waals surface area contributed by atoms with Crippen LogP contribution in [0.3, 0.4) is 0 Å². The fraction of sp³-hybridized carbons (Fsp3) is 0.278. The Labute approximate surface area is 145 Å². The molecule has 0 aliphatic carbocycles. The highest BCUT2D eigenvalue weighted by molar-refractivity contribution is 6.31. The molecule has 124 valence electrons. The molecular weight excluding hydrogens is 326 g/mol. The maximum atomic E-state index is 12.5. The van der Waals surface area contributed by atoms with Gasteiger partial charge in [0.15, 0.2) is 5.82 Å². The molecule has 2 amide bonds. The molecular formula is C18H18ClN3O2. The predicted octanol–water partition coefficient (Wildman–Crippen LogP) is 3.35. The van der Waals surface area contributed by atoms with Crippen molar-refractivity contribution in [2.24, 2.45) is 0 Å². The first kappa shape index (κ1) is 16.5.